The van der Waals surface area contributed by atoms with E-state index in [9.17, 15) is 18.0 Å². The van der Waals surface area contributed by atoms with Crippen molar-refractivity contribution >= 4 is 29.0 Å². The Hall–Kier alpha value is -0.940. The molecular formula is C9H5Cl2F3O2. The average molecular weight is 273 g/mol. The van der Waals surface area contributed by atoms with Gasteiger partial charge < -0.3 is 4.74 Å². The van der Waals surface area contributed by atoms with Crippen LogP contribution in [0.2, 0.25) is 10.0 Å². The van der Waals surface area contributed by atoms with Gasteiger partial charge in [0, 0.05) is 16.7 Å². The molecule has 0 aliphatic heterocycles. The Morgan fingerprint density at radius 2 is 1.88 bits per heavy atom. The Bertz CT molecular complexity index is 429. The van der Waals surface area contributed by atoms with Gasteiger partial charge in [0.15, 0.2) is 5.78 Å². The lowest BCUT2D eigenvalue weighted by Gasteiger charge is -2.12. The molecule has 0 fully saturated rings. The molecule has 1 aromatic carbocycles. The van der Waals surface area contributed by atoms with Crippen molar-refractivity contribution in [3.8, 4) is 5.75 Å². The summed E-state index contributed by atoms with van der Waals surface area (Å²) in [6.45, 7) is 1.16. The molecule has 0 atom stereocenters. The van der Waals surface area contributed by atoms with Crippen molar-refractivity contribution in [1.29, 1.82) is 0 Å². The molecule has 0 aliphatic carbocycles. The van der Waals surface area contributed by atoms with E-state index in [2.05, 4.69) is 4.74 Å². The molecule has 0 aromatic heterocycles. The van der Waals surface area contributed by atoms with E-state index in [1.807, 2.05) is 0 Å². The first kappa shape index (κ1) is 13.1. The van der Waals surface area contributed by atoms with Gasteiger partial charge in [-0.15, -0.1) is 13.2 Å². The molecule has 7 heteroatoms. The summed E-state index contributed by atoms with van der Waals surface area (Å²) in [4.78, 5) is 11.1. The van der Waals surface area contributed by atoms with Gasteiger partial charge in [0.2, 0.25) is 0 Å². The molecule has 0 bridgehead atoms. The fraction of sp³-hybridized carbons (Fsp3) is 0.222. The third-order valence-corrected chi connectivity index (χ3v) is 2.22. The van der Waals surface area contributed by atoms with E-state index in [4.69, 9.17) is 23.2 Å². The zero-order chi connectivity index (χ0) is 12.5. The van der Waals surface area contributed by atoms with Crippen LogP contribution in [0.25, 0.3) is 0 Å². The summed E-state index contributed by atoms with van der Waals surface area (Å²) in [6, 6.07) is 2.07. The molecule has 88 valence electrons. The molecule has 0 spiro atoms. The van der Waals surface area contributed by atoms with E-state index < -0.39 is 22.9 Å². The summed E-state index contributed by atoms with van der Waals surface area (Å²) in [7, 11) is 0. The van der Waals surface area contributed by atoms with Crippen LogP contribution in [-0.4, -0.2) is 12.1 Å². The summed E-state index contributed by atoms with van der Waals surface area (Å²) in [5, 5.41) is -0.469. The lowest BCUT2D eigenvalue weighted by atomic mass is 10.1. The molecule has 0 N–H and O–H groups in total. The molecule has 2 nitrogen and oxygen atoms in total. The summed E-state index contributed by atoms with van der Waals surface area (Å²) in [5.74, 6) is -1.19. The first-order valence-electron chi connectivity index (χ1n) is 3.96. The molecule has 1 rings (SSSR count). The number of rotatable bonds is 2. The van der Waals surface area contributed by atoms with Crippen LogP contribution in [0.15, 0.2) is 12.1 Å². The quantitative estimate of drug-likeness (QED) is 0.758. The number of benzene rings is 1. The van der Waals surface area contributed by atoms with Crippen LogP contribution in [0, 0.1) is 0 Å². The van der Waals surface area contributed by atoms with E-state index >= 15 is 0 Å². The second-order valence-corrected chi connectivity index (χ2v) is 3.68. The Balaban J connectivity index is 3.25. The highest BCUT2D eigenvalue weighted by Crippen LogP contribution is 2.35. The second kappa shape index (κ2) is 4.51. The molecule has 0 heterocycles. The number of ether oxygens (including phenoxy) is 1. The fourth-order valence-electron chi connectivity index (χ4n) is 1.02. The van der Waals surface area contributed by atoms with Crippen LogP contribution in [0.3, 0.4) is 0 Å². The maximum atomic E-state index is 12.0. The van der Waals surface area contributed by atoms with Crippen LogP contribution in [0.1, 0.15) is 17.3 Å². The van der Waals surface area contributed by atoms with Crippen LogP contribution in [-0.2, 0) is 0 Å². The average Bonchev–Trinajstić information content (AvgIpc) is 2.07. The topological polar surface area (TPSA) is 26.3 Å². The molecule has 0 aliphatic rings. The summed E-state index contributed by atoms with van der Waals surface area (Å²) in [6.07, 6.45) is -4.89. The maximum Gasteiger partial charge on any atom is 0.573 e. The van der Waals surface area contributed by atoms with E-state index in [0.29, 0.717) is 0 Å². The first-order chi connectivity index (χ1) is 7.20. The number of Topliss-reactive ketones (excluding diaryl/α,β-unsaturated/α-hetero) is 1. The van der Waals surface area contributed by atoms with Gasteiger partial charge in [0.1, 0.15) is 5.75 Å². The molecule has 0 unspecified atom stereocenters. The van der Waals surface area contributed by atoms with Gasteiger partial charge >= 0.3 is 6.36 Å². The minimum absolute atomic E-state index is 0.0612. The van der Waals surface area contributed by atoms with Gasteiger partial charge in [-0.3, -0.25) is 4.79 Å². The van der Waals surface area contributed by atoms with Gasteiger partial charge in [0.25, 0.3) is 0 Å². The van der Waals surface area contributed by atoms with Crippen molar-refractivity contribution in [2.75, 3.05) is 0 Å². The van der Waals surface area contributed by atoms with Gasteiger partial charge in [0.05, 0.1) is 5.02 Å². The van der Waals surface area contributed by atoms with Crippen LogP contribution in [0.4, 0.5) is 13.2 Å². The monoisotopic (exact) mass is 272 g/mol. The highest BCUT2D eigenvalue weighted by molar-refractivity contribution is 6.37. The Kier molecular flexibility index (Phi) is 3.70. The zero-order valence-electron chi connectivity index (χ0n) is 7.86. The van der Waals surface area contributed by atoms with Crippen molar-refractivity contribution in [2.45, 2.75) is 13.3 Å². The van der Waals surface area contributed by atoms with Crippen molar-refractivity contribution < 1.29 is 22.7 Å². The predicted octanol–water partition coefficient (Wildman–Crippen LogP) is 4.09. The molecule has 1 aromatic rings. The molecule has 0 radical (unpaired) electrons. The number of hydrogen-bond donors (Lipinski definition) is 0. The first-order valence-corrected chi connectivity index (χ1v) is 4.72. The molecule has 0 saturated heterocycles. The number of carbonyl (C=O) groups is 1. The maximum absolute atomic E-state index is 12.0. The lowest BCUT2D eigenvalue weighted by molar-refractivity contribution is -0.274. The van der Waals surface area contributed by atoms with Gasteiger partial charge in [-0.2, -0.15) is 0 Å². The van der Waals surface area contributed by atoms with E-state index in [1.165, 1.54) is 6.07 Å². The van der Waals surface area contributed by atoms with E-state index in [-0.39, 0.29) is 10.6 Å². The molecule has 0 amide bonds. The van der Waals surface area contributed by atoms with Gasteiger partial charge in [-0.1, -0.05) is 23.2 Å². The van der Waals surface area contributed by atoms with E-state index in [1.54, 1.807) is 0 Å². The minimum Gasteiger partial charge on any atom is -0.404 e. The Morgan fingerprint density at radius 3 is 2.31 bits per heavy atom. The number of hydrogen-bond acceptors (Lipinski definition) is 2. The van der Waals surface area contributed by atoms with Crippen molar-refractivity contribution in [3.63, 3.8) is 0 Å². The summed E-state index contributed by atoms with van der Waals surface area (Å²) < 4.78 is 39.6. The highest BCUT2D eigenvalue weighted by Gasteiger charge is 2.32. The van der Waals surface area contributed by atoms with Gasteiger partial charge in [-0.05, 0) is 13.0 Å². The number of ketones is 1. The van der Waals surface area contributed by atoms with Gasteiger partial charge in [-0.25, -0.2) is 0 Å². The smallest absolute Gasteiger partial charge is 0.404 e. The van der Waals surface area contributed by atoms with E-state index in [0.717, 1.165) is 13.0 Å². The number of halogens is 5. The van der Waals surface area contributed by atoms with Crippen LogP contribution < -0.4 is 4.74 Å². The van der Waals surface area contributed by atoms with Crippen LogP contribution in [0.5, 0.6) is 5.75 Å². The van der Waals surface area contributed by atoms with Crippen molar-refractivity contribution in [3.05, 3.63) is 27.7 Å². The summed E-state index contributed by atoms with van der Waals surface area (Å²) >= 11 is 11.1. The largest absolute Gasteiger partial charge is 0.573 e. The zero-order valence-corrected chi connectivity index (χ0v) is 9.37. The minimum atomic E-state index is -4.89. The Labute approximate surface area is 98.9 Å². The molecule has 16 heavy (non-hydrogen) atoms. The fourth-order valence-corrected chi connectivity index (χ4v) is 1.51. The SMILES string of the molecule is CC(=O)c1cc(Cl)cc(OC(F)(F)F)c1Cl. The molecular weight excluding hydrogens is 268 g/mol. The molecule has 0 saturated carbocycles. The summed E-state index contributed by atoms with van der Waals surface area (Å²) in [5.41, 5.74) is -0.117. The van der Waals surface area contributed by atoms with Crippen molar-refractivity contribution in [1.82, 2.24) is 0 Å². The second-order valence-electron chi connectivity index (χ2n) is 2.87. The van der Waals surface area contributed by atoms with Crippen molar-refractivity contribution in [2.24, 2.45) is 0 Å². The predicted molar refractivity (Wildman–Crippen MR) is 53.1 cm³/mol. The number of alkyl halides is 3. The third kappa shape index (κ3) is 3.28. The highest BCUT2D eigenvalue weighted by atomic mass is 35.5. The third-order valence-electron chi connectivity index (χ3n) is 1.61. The standard InChI is InChI=1S/C9H5Cl2F3O2/c1-4(15)6-2-5(10)3-7(8(6)11)16-9(12,13)14/h2-3H,1H3. The Morgan fingerprint density at radius 1 is 1.31 bits per heavy atom. The lowest BCUT2D eigenvalue weighted by Crippen LogP contribution is -2.17. The normalized spacial score (nSPS) is 11.4. The number of carbonyl (C=O) groups excluding carboxylic acids is 1. The van der Waals surface area contributed by atoms with Crippen LogP contribution >= 0.6 is 23.2 Å².